The van der Waals surface area contributed by atoms with Gasteiger partial charge in [0.15, 0.2) is 0 Å². The lowest BCUT2D eigenvalue weighted by atomic mass is 10.1. The first-order valence-electron chi connectivity index (χ1n) is 8.77. The molecule has 25 heavy (non-hydrogen) atoms. The smallest absolute Gasteiger partial charge is 0.417 e. The number of halogens is 3. The minimum atomic E-state index is -4.36. The van der Waals surface area contributed by atoms with Crippen LogP contribution in [0.2, 0.25) is 0 Å². The lowest BCUT2D eigenvalue weighted by molar-refractivity contribution is -0.137. The third-order valence-electron chi connectivity index (χ3n) is 4.01. The van der Waals surface area contributed by atoms with Gasteiger partial charge >= 0.3 is 6.18 Å². The summed E-state index contributed by atoms with van der Waals surface area (Å²) in [5.41, 5.74) is 0.534. The van der Waals surface area contributed by atoms with E-state index in [-0.39, 0.29) is 0 Å². The van der Waals surface area contributed by atoms with Crippen LogP contribution in [-0.4, -0.2) is 11.6 Å². The van der Waals surface area contributed by atoms with E-state index in [2.05, 4.69) is 11.9 Å². The average Bonchev–Trinajstić information content (AvgIpc) is 2.61. The van der Waals surface area contributed by atoms with Gasteiger partial charge in [-0.25, -0.2) is 0 Å². The lowest BCUT2D eigenvalue weighted by Crippen LogP contribution is -2.05. The quantitative estimate of drug-likeness (QED) is 0.481. The molecule has 0 amide bonds. The van der Waals surface area contributed by atoms with Gasteiger partial charge in [0, 0.05) is 11.8 Å². The van der Waals surface area contributed by atoms with Crippen LogP contribution in [0.15, 0.2) is 42.6 Å². The topological polar surface area (TPSA) is 22.1 Å². The van der Waals surface area contributed by atoms with Gasteiger partial charge in [-0.15, -0.1) is 0 Å². The van der Waals surface area contributed by atoms with E-state index in [1.54, 1.807) is 0 Å². The van der Waals surface area contributed by atoms with E-state index in [1.807, 2.05) is 24.3 Å². The summed E-state index contributed by atoms with van der Waals surface area (Å²) in [4.78, 5) is 3.90. The number of nitrogens with zero attached hydrogens (tertiary/aromatic N) is 1. The van der Waals surface area contributed by atoms with E-state index in [0.29, 0.717) is 12.3 Å². The number of rotatable bonds is 9. The van der Waals surface area contributed by atoms with Crippen molar-refractivity contribution >= 4 is 0 Å². The monoisotopic (exact) mass is 351 g/mol. The molecule has 2 nitrogen and oxygen atoms in total. The van der Waals surface area contributed by atoms with E-state index in [4.69, 9.17) is 4.74 Å². The molecule has 1 aromatic carbocycles. The summed E-state index contributed by atoms with van der Waals surface area (Å²) in [6.45, 7) is 2.89. The summed E-state index contributed by atoms with van der Waals surface area (Å²) in [5, 5.41) is 0. The average molecular weight is 351 g/mol. The molecule has 136 valence electrons. The van der Waals surface area contributed by atoms with Crippen LogP contribution in [0.1, 0.15) is 51.0 Å². The van der Waals surface area contributed by atoms with Gasteiger partial charge in [-0.2, -0.15) is 13.2 Å². The standard InChI is InChI=1S/C20H24F3NO/c1-2-3-4-5-6-7-14-25-18-11-8-16(9-12-18)19-13-10-17(15-24-19)20(21,22)23/h8-13,15H,2-7,14H2,1H3. The highest BCUT2D eigenvalue weighted by atomic mass is 19.4. The number of pyridine rings is 1. The van der Waals surface area contributed by atoms with Gasteiger partial charge in [0.05, 0.1) is 17.9 Å². The molecule has 2 aromatic rings. The van der Waals surface area contributed by atoms with Crippen molar-refractivity contribution in [2.24, 2.45) is 0 Å². The highest BCUT2D eigenvalue weighted by Crippen LogP contribution is 2.30. The first-order valence-corrected chi connectivity index (χ1v) is 8.77. The minimum absolute atomic E-state index is 0.510. The molecule has 0 radical (unpaired) electrons. The zero-order valence-electron chi connectivity index (χ0n) is 14.5. The Balaban J connectivity index is 1.81. The number of benzene rings is 1. The molecule has 1 heterocycles. The van der Waals surface area contributed by atoms with Crippen molar-refractivity contribution in [2.75, 3.05) is 6.61 Å². The Morgan fingerprint density at radius 2 is 1.56 bits per heavy atom. The molecular weight excluding hydrogens is 327 g/mol. The number of alkyl halides is 3. The predicted molar refractivity (Wildman–Crippen MR) is 93.5 cm³/mol. The molecule has 0 aliphatic heterocycles. The summed E-state index contributed by atoms with van der Waals surface area (Å²) in [7, 11) is 0. The van der Waals surface area contributed by atoms with E-state index in [0.717, 1.165) is 30.0 Å². The normalized spacial score (nSPS) is 11.5. The molecule has 1 aromatic heterocycles. The van der Waals surface area contributed by atoms with Crippen LogP contribution in [0, 0.1) is 0 Å². The van der Waals surface area contributed by atoms with Crippen molar-refractivity contribution in [2.45, 2.75) is 51.6 Å². The van der Waals surface area contributed by atoms with Crippen molar-refractivity contribution in [3.63, 3.8) is 0 Å². The molecule has 5 heteroatoms. The van der Waals surface area contributed by atoms with Crippen LogP contribution < -0.4 is 4.74 Å². The maximum absolute atomic E-state index is 12.6. The fourth-order valence-electron chi connectivity index (χ4n) is 2.53. The summed E-state index contributed by atoms with van der Waals surface area (Å²) in [6.07, 6.45) is 3.77. The number of aromatic nitrogens is 1. The van der Waals surface area contributed by atoms with Crippen LogP contribution in [0.4, 0.5) is 13.2 Å². The molecule has 0 N–H and O–H groups in total. The Kier molecular flexibility index (Phi) is 7.29. The largest absolute Gasteiger partial charge is 0.494 e. The maximum atomic E-state index is 12.6. The van der Waals surface area contributed by atoms with Crippen molar-refractivity contribution in [3.05, 3.63) is 48.2 Å². The van der Waals surface area contributed by atoms with Crippen LogP contribution in [0.5, 0.6) is 5.75 Å². The number of hydrogen-bond donors (Lipinski definition) is 0. The predicted octanol–water partition coefficient (Wildman–Crippen LogP) is 6.51. The minimum Gasteiger partial charge on any atom is -0.494 e. The molecule has 0 unspecified atom stereocenters. The Morgan fingerprint density at radius 1 is 0.880 bits per heavy atom. The molecular formula is C20H24F3NO. The second kappa shape index (κ2) is 9.44. The van der Waals surface area contributed by atoms with Crippen LogP contribution in [0.25, 0.3) is 11.3 Å². The summed E-state index contributed by atoms with van der Waals surface area (Å²) in [5.74, 6) is 0.768. The highest BCUT2D eigenvalue weighted by Gasteiger charge is 2.30. The Labute approximate surface area is 147 Å². The summed E-state index contributed by atoms with van der Waals surface area (Å²) in [6, 6.07) is 9.70. The zero-order chi connectivity index (χ0) is 18.1. The molecule has 0 atom stereocenters. The van der Waals surface area contributed by atoms with Gasteiger partial charge in [0.2, 0.25) is 0 Å². The summed E-state index contributed by atoms with van der Waals surface area (Å²) < 4.78 is 43.4. The Morgan fingerprint density at radius 3 is 2.16 bits per heavy atom. The highest BCUT2D eigenvalue weighted by molar-refractivity contribution is 5.60. The molecule has 2 rings (SSSR count). The van der Waals surface area contributed by atoms with Gasteiger partial charge in [-0.1, -0.05) is 39.0 Å². The number of ether oxygens (including phenoxy) is 1. The van der Waals surface area contributed by atoms with E-state index in [9.17, 15) is 13.2 Å². The summed E-state index contributed by atoms with van der Waals surface area (Å²) >= 11 is 0. The van der Waals surface area contributed by atoms with Crippen molar-refractivity contribution in [1.82, 2.24) is 4.98 Å². The van der Waals surface area contributed by atoms with E-state index < -0.39 is 11.7 Å². The molecule has 0 bridgehead atoms. The Bertz CT molecular complexity index is 621. The first-order chi connectivity index (χ1) is 12.0. The van der Waals surface area contributed by atoms with Gasteiger partial charge in [-0.05, 0) is 42.8 Å². The van der Waals surface area contributed by atoms with Gasteiger partial charge in [0.1, 0.15) is 5.75 Å². The van der Waals surface area contributed by atoms with Crippen molar-refractivity contribution in [3.8, 4) is 17.0 Å². The van der Waals surface area contributed by atoms with Gasteiger partial charge in [-0.3, -0.25) is 4.98 Å². The molecule has 0 aliphatic carbocycles. The third kappa shape index (κ3) is 6.40. The van der Waals surface area contributed by atoms with Crippen LogP contribution >= 0.6 is 0 Å². The molecule has 0 aliphatic rings. The first kappa shape index (κ1) is 19.3. The number of unbranched alkanes of at least 4 members (excludes halogenated alkanes) is 5. The SMILES string of the molecule is CCCCCCCCOc1ccc(-c2ccc(C(F)(F)F)cn2)cc1. The van der Waals surface area contributed by atoms with E-state index >= 15 is 0 Å². The maximum Gasteiger partial charge on any atom is 0.417 e. The van der Waals surface area contributed by atoms with Crippen LogP contribution in [0.3, 0.4) is 0 Å². The van der Waals surface area contributed by atoms with Crippen molar-refractivity contribution in [1.29, 1.82) is 0 Å². The second-order valence-corrected chi connectivity index (χ2v) is 6.07. The Hall–Kier alpha value is -2.04. The third-order valence-corrected chi connectivity index (χ3v) is 4.01. The van der Waals surface area contributed by atoms with Crippen LogP contribution in [-0.2, 0) is 6.18 Å². The number of hydrogen-bond acceptors (Lipinski definition) is 2. The molecule has 0 saturated heterocycles. The molecule has 0 saturated carbocycles. The van der Waals surface area contributed by atoms with Gasteiger partial charge in [0.25, 0.3) is 0 Å². The molecule has 0 spiro atoms. The second-order valence-electron chi connectivity index (χ2n) is 6.07. The fourth-order valence-corrected chi connectivity index (χ4v) is 2.53. The van der Waals surface area contributed by atoms with Gasteiger partial charge < -0.3 is 4.74 Å². The zero-order valence-corrected chi connectivity index (χ0v) is 14.5. The molecule has 0 fully saturated rings. The fraction of sp³-hybridized carbons (Fsp3) is 0.450. The van der Waals surface area contributed by atoms with Crippen molar-refractivity contribution < 1.29 is 17.9 Å². The lowest BCUT2D eigenvalue weighted by Gasteiger charge is -2.09. The van der Waals surface area contributed by atoms with E-state index in [1.165, 1.54) is 38.2 Å².